The number of rotatable bonds is 48. The molecule has 0 saturated carbocycles. The van der Waals surface area contributed by atoms with E-state index in [1.807, 2.05) is 0 Å². The van der Waals surface area contributed by atoms with E-state index >= 15 is 0 Å². The first-order valence-electron chi connectivity index (χ1n) is 25.0. The van der Waals surface area contributed by atoms with Crippen molar-refractivity contribution in [3.05, 3.63) is 0 Å². The molecule has 0 aliphatic rings. The Kier molecular flexibility index (Phi) is 44.5. The molecule has 0 radical (unpaired) electrons. The highest BCUT2D eigenvalue weighted by Gasteiger charge is 2.33. The second-order valence-electron chi connectivity index (χ2n) is 17.5. The molecule has 0 fully saturated rings. The zero-order valence-electron chi connectivity index (χ0n) is 38.4. The van der Waals surface area contributed by atoms with E-state index in [-0.39, 0.29) is 5.91 Å². The SMILES string of the molecule is NCCCCNCC(CCCCCCNC(=O)CCCCCCCCCCCCCCCCCCCCCCCNC(=O)[C@H](O)[C@H](O)[C@H](O)[C@H](O)CO)CNCCCCN. The van der Waals surface area contributed by atoms with Gasteiger partial charge in [-0.15, -0.1) is 0 Å². The maximum Gasteiger partial charge on any atom is 0.251 e. The molecule has 13 N–H and O–H groups in total. The van der Waals surface area contributed by atoms with E-state index in [4.69, 9.17) is 16.6 Å². The van der Waals surface area contributed by atoms with Crippen molar-refractivity contribution in [3.8, 4) is 0 Å². The summed E-state index contributed by atoms with van der Waals surface area (Å²) in [6.07, 6.45) is 29.9. The number of hydrogen-bond donors (Lipinski definition) is 11. The monoisotopic (exact) mass is 859 g/mol. The van der Waals surface area contributed by atoms with Gasteiger partial charge in [-0.05, 0) is 96.6 Å². The first-order chi connectivity index (χ1) is 29.3. The molecule has 4 atom stereocenters. The predicted molar refractivity (Wildman–Crippen MR) is 248 cm³/mol. The van der Waals surface area contributed by atoms with Gasteiger partial charge in [-0.2, -0.15) is 0 Å². The van der Waals surface area contributed by atoms with E-state index in [1.54, 1.807) is 0 Å². The van der Waals surface area contributed by atoms with E-state index in [0.717, 1.165) is 110 Å². The largest absolute Gasteiger partial charge is 0.394 e. The lowest BCUT2D eigenvalue weighted by Gasteiger charge is -2.24. The number of aliphatic hydroxyl groups is 5. The van der Waals surface area contributed by atoms with Gasteiger partial charge in [-0.1, -0.05) is 141 Å². The van der Waals surface area contributed by atoms with Crippen LogP contribution in [0, 0.1) is 5.92 Å². The minimum Gasteiger partial charge on any atom is -0.394 e. The third-order valence-corrected chi connectivity index (χ3v) is 11.7. The van der Waals surface area contributed by atoms with E-state index in [2.05, 4.69) is 21.3 Å². The molecule has 0 aromatic rings. The Balaban J connectivity index is 3.48. The van der Waals surface area contributed by atoms with Crippen molar-refractivity contribution in [1.29, 1.82) is 0 Å². The molecule has 0 unspecified atom stereocenters. The van der Waals surface area contributed by atoms with Crippen LogP contribution in [0.3, 0.4) is 0 Å². The summed E-state index contributed by atoms with van der Waals surface area (Å²) >= 11 is 0. The molecule has 0 heterocycles. The van der Waals surface area contributed by atoms with Crippen molar-refractivity contribution in [3.63, 3.8) is 0 Å². The molecule has 60 heavy (non-hydrogen) atoms. The number of unbranched alkanes of at least 4 members (excludes halogenated alkanes) is 25. The average molecular weight is 859 g/mol. The number of carbonyl (C=O) groups excluding carboxylic acids is 2. The van der Waals surface area contributed by atoms with Gasteiger partial charge in [0, 0.05) is 19.5 Å². The van der Waals surface area contributed by atoms with Crippen LogP contribution in [0.4, 0.5) is 0 Å². The van der Waals surface area contributed by atoms with Crippen LogP contribution in [-0.4, -0.2) is 121 Å². The van der Waals surface area contributed by atoms with Crippen LogP contribution in [-0.2, 0) is 9.59 Å². The third kappa shape index (κ3) is 38.3. The van der Waals surface area contributed by atoms with Crippen LogP contribution < -0.4 is 32.7 Å². The van der Waals surface area contributed by atoms with E-state index in [0.29, 0.717) is 18.9 Å². The van der Waals surface area contributed by atoms with Crippen LogP contribution in [0.5, 0.6) is 0 Å². The minimum absolute atomic E-state index is 0.224. The van der Waals surface area contributed by atoms with Crippen molar-refractivity contribution >= 4 is 11.8 Å². The van der Waals surface area contributed by atoms with Crippen molar-refractivity contribution in [2.24, 2.45) is 17.4 Å². The number of aliphatic hydroxyl groups excluding tert-OH is 5. The number of nitrogens with one attached hydrogen (secondary N) is 4. The summed E-state index contributed by atoms with van der Waals surface area (Å²) in [7, 11) is 0. The molecule has 0 spiro atoms. The number of amides is 2. The van der Waals surface area contributed by atoms with E-state index in [1.165, 1.54) is 128 Å². The molecule has 0 bridgehead atoms. The Hall–Kier alpha value is -1.42. The van der Waals surface area contributed by atoms with Crippen molar-refractivity contribution < 1.29 is 35.1 Å². The Bertz CT molecular complexity index is 909. The topological polar surface area (TPSA) is 235 Å². The summed E-state index contributed by atoms with van der Waals surface area (Å²) < 4.78 is 0. The Labute approximate surface area is 367 Å². The first-order valence-corrected chi connectivity index (χ1v) is 25.0. The normalized spacial score (nSPS) is 13.7. The van der Waals surface area contributed by atoms with Gasteiger partial charge in [-0.3, -0.25) is 9.59 Å². The second-order valence-corrected chi connectivity index (χ2v) is 17.5. The van der Waals surface area contributed by atoms with Gasteiger partial charge in [0.15, 0.2) is 6.10 Å². The molecule has 13 nitrogen and oxygen atoms in total. The standard InChI is InChI=1S/C47H98N6O7/c48-32-24-28-34-50-38-41(39-51-35-29-25-33-49)30-22-19-21-26-36-52-43(56)31-23-18-16-14-12-10-8-6-4-2-1-3-5-7-9-11-13-15-17-20-27-37-53-47(60)46(59)45(58)44(57)42(55)40-54/h41-42,44-46,50-51,54-55,57-59H,1-40,48-49H2,(H,52,56)(H,53,60)/t42-,44-,45-,46-/m1/s1. The Morgan fingerprint density at radius 2 is 0.800 bits per heavy atom. The summed E-state index contributed by atoms with van der Waals surface area (Å²) in [6, 6.07) is 0. The van der Waals surface area contributed by atoms with Crippen molar-refractivity contribution in [1.82, 2.24) is 21.3 Å². The van der Waals surface area contributed by atoms with E-state index in [9.17, 15) is 30.0 Å². The molecule has 0 aliphatic heterocycles. The fraction of sp³-hybridized carbons (Fsp3) is 0.957. The summed E-state index contributed by atoms with van der Waals surface area (Å²) in [5, 5.41) is 60.3. The molecule has 0 rings (SSSR count). The lowest BCUT2D eigenvalue weighted by Crippen LogP contribution is -2.51. The third-order valence-electron chi connectivity index (χ3n) is 11.7. The van der Waals surface area contributed by atoms with Gasteiger partial charge in [0.2, 0.25) is 5.91 Å². The molecule has 0 saturated heterocycles. The molecule has 0 aromatic carbocycles. The summed E-state index contributed by atoms with van der Waals surface area (Å²) in [4.78, 5) is 24.2. The van der Waals surface area contributed by atoms with Gasteiger partial charge in [0.05, 0.1) is 6.61 Å². The molecular formula is C47H98N6O7. The highest BCUT2D eigenvalue weighted by Crippen LogP contribution is 2.16. The maximum atomic E-state index is 12.3. The highest BCUT2D eigenvalue weighted by atomic mass is 16.4. The molecule has 0 aliphatic carbocycles. The van der Waals surface area contributed by atoms with Crippen LogP contribution >= 0.6 is 0 Å². The number of carbonyl (C=O) groups is 2. The van der Waals surface area contributed by atoms with Crippen molar-refractivity contribution in [2.75, 3.05) is 59.0 Å². The number of nitrogens with two attached hydrogens (primary N) is 2. The summed E-state index contributed by atoms with van der Waals surface area (Å²) in [5.74, 6) is 0.0809. The van der Waals surface area contributed by atoms with Crippen LogP contribution in [0.25, 0.3) is 0 Å². The molecule has 358 valence electrons. The smallest absolute Gasteiger partial charge is 0.251 e. The Morgan fingerprint density at radius 3 is 1.22 bits per heavy atom. The van der Waals surface area contributed by atoms with Crippen molar-refractivity contribution in [2.45, 2.75) is 223 Å². The number of hydrogen-bond acceptors (Lipinski definition) is 11. The lowest BCUT2D eigenvalue weighted by atomic mass is 10.00. The quantitative estimate of drug-likeness (QED) is 0.0344. The minimum atomic E-state index is -1.87. The zero-order valence-corrected chi connectivity index (χ0v) is 38.4. The first kappa shape index (κ1) is 58.6. The predicted octanol–water partition coefficient (Wildman–Crippen LogP) is 5.46. The molecule has 13 heteroatoms. The molecular weight excluding hydrogens is 761 g/mol. The average Bonchev–Trinajstić information content (AvgIpc) is 3.25. The van der Waals surface area contributed by atoms with E-state index < -0.39 is 36.9 Å². The van der Waals surface area contributed by atoms with Gasteiger partial charge < -0.3 is 58.3 Å². The zero-order chi connectivity index (χ0) is 44.2. The maximum absolute atomic E-state index is 12.3. The van der Waals surface area contributed by atoms with Gasteiger partial charge in [-0.25, -0.2) is 0 Å². The van der Waals surface area contributed by atoms with Gasteiger partial charge in [0.25, 0.3) is 5.91 Å². The fourth-order valence-corrected chi connectivity index (χ4v) is 7.67. The fourth-order valence-electron chi connectivity index (χ4n) is 7.67. The van der Waals surface area contributed by atoms with Gasteiger partial charge in [0.1, 0.15) is 18.3 Å². The summed E-state index contributed by atoms with van der Waals surface area (Å²) in [5.41, 5.74) is 11.2. The lowest BCUT2D eigenvalue weighted by molar-refractivity contribution is -0.148. The molecule has 0 aromatic heterocycles. The highest BCUT2D eigenvalue weighted by molar-refractivity contribution is 5.81. The second kappa shape index (κ2) is 45.6. The van der Waals surface area contributed by atoms with Crippen LogP contribution in [0.1, 0.15) is 199 Å². The van der Waals surface area contributed by atoms with Gasteiger partial charge >= 0.3 is 0 Å². The summed E-state index contributed by atoms with van der Waals surface area (Å²) in [6.45, 7) is 6.19. The Morgan fingerprint density at radius 1 is 0.433 bits per heavy atom. The molecule has 2 amide bonds. The van der Waals surface area contributed by atoms with Crippen LogP contribution in [0.2, 0.25) is 0 Å². The van der Waals surface area contributed by atoms with Crippen LogP contribution in [0.15, 0.2) is 0 Å².